The first-order valence-electron chi connectivity index (χ1n) is 29.3. The highest BCUT2D eigenvalue weighted by molar-refractivity contribution is 7.07. The minimum atomic E-state index is -1.47. The van der Waals surface area contributed by atoms with E-state index in [2.05, 4.69) is 20.6 Å². The van der Waals surface area contributed by atoms with Crippen LogP contribution in [0.25, 0.3) is 21.8 Å². The van der Waals surface area contributed by atoms with Crippen LogP contribution in [0.1, 0.15) is 76.3 Å². The number of nitrogens with one attached hydrogen (secondary N) is 2. The first kappa shape index (κ1) is 72.9. The van der Waals surface area contributed by atoms with Gasteiger partial charge in [0.15, 0.2) is 11.6 Å². The average molecular weight is 1410 g/mol. The number of esters is 1. The SMILES string of the molecule is CC(=O)c1cn(CC(=O)N2C[C@H](F)C[C@H]2C(=O)NCc2cccc(Cl)c2F)c2cc(OC(=O)CCc3cscn3)ccc12.CC(=O)c1cn(CC(=O)N2C[C@H](F)C[C@H]2C(=O)NCc2cccc(Cl)c2F)c2cc(OC(=O)Oc3ccc([N+](=O)[O-])cc3)ccc12.NCc1cscn1.[B]. The molecule has 0 bridgehead atoms. The summed E-state index contributed by atoms with van der Waals surface area (Å²) in [7, 11) is 0. The molecule has 2 aliphatic heterocycles. The first-order chi connectivity index (χ1) is 45.9. The van der Waals surface area contributed by atoms with Crippen LogP contribution in [0.15, 0.2) is 131 Å². The molecule has 6 heterocycles. The Balaban J connectivity index is 0.000000223. The quantitative estimate of drug-likeness (QED) is 0.00934. The Bertz CT molecular complexity index is 4400. The average Bonchev–Trinajstić information content (AvgIpc) is 1.64. The minimum Gasteiger partial charge on any atom is -0.426 e. The highest BCUT2D eigenvalue weighted by atomic mass is 35.5. The number of nitro benzene ring substituents is 1. The van der Waals surface area contributed by atoms with Gasteiger partial charge in [0.05, 0.1) is 67.9 Å². The number of nitro groups is 1. The lowest BCUT2D eigenvalue weighted by atomic mass is 10.1. The largest absolute Gasteiger partial charge is 0.519 e. The number of thiazole rings is 2. The van der Waals surface area contributed by atoms with E-state index in [1.165, 1.54) is 107 Å². The zero-order chi connectivity index (χ0) is 68.9. The van der Waals surface area contributed by atoms with Crippen molar-refractivity contribution in [2.75, 3.05) is 13.1 Å². The number of ether oxygens (including phenoxy) is 3. The van der Waals surface area contributed by atoms with Gasteiger partial charge >= 0.3 is 12.1 Å². The number of non-ortho nitro benzene ring substituents is 1. The number of fused-ring (bicyclic) bond motifs is 2. The molecule has 4 N–H and O–H groups in total. The summed E-state index contributed by atoms with van der Waals surface area (Å²) >= 11 is 14.6. The van der Waals surface area contributed by atoms with Crippen molar-refractivity contribution in [2.45, 2.75) is 96.7 Å². The Morgan fingerprint density at radius 3 is 1.52 bits per heavy atom. The molecule has 503 valence electrons. The van der Waals surface area contributed by atoms with Crippen LogP contribution in [0.4, 0.5) is 28.0 Å². The zero-order valence-electron chi connectivity index (χ0n) is 51.5. The molecule has 2 fully saturated rings. The molecule has 2 saturated heterocycles. The fraction of sp³-hybridized carbons (Fsp3) is 0.262. The number of Topliss-reactive ketones (excluding diaryl/α,β-unsaturated/α-hetero) is 2. The van der Waals surface area contributed by atoms with E-state index in [-0.39, 0.29) is 128 Å². The lowest BCUT2D eigenvalue weighted by Gasteiger charge is -2.24. The van der Waals surface area contributed by atoms with Gasteiger partial charge in [-0.3, -0.25) is 43.7 Å². The Kier molecular flexibility index (Phi) is 25.0. The third-order valence-corrected chi connectivity index (χ3v) is 17.1. The molecule has 0 aliphatic carbocycles. The van der Waals surface area contributed by atoms with Crippen LogP contribution < -0.4 is 30.6 Å². The molecular weight excluding hydrogens is 1350 g/mol. The van der Waals surface area contributed by atoms with Crippen molar-refractivity contribution >= 4 is 129 Å². The lowest BCUT2D eigenvalue weighted by Crippen LogP contribution is -2.46. The molecule has 0 spiro atoms. The van der Waals surface area contributed by atoms with Crippen LogP contribution in [-0.2, 0) is 63.1 Å². The van der Waals surface area contributed by atoms with Gasteiger partial charge < -0.3 is 49.5 Å². The van der Waals surface area contributed by atoms with Crippen LogP contribution >= 0.6 is 45.9 Å². The number of rotatable bonds is 20. The number of nitrogens with zero attached hydrogens (tertiary/aromatic N) is 7. The Labute approximate surface area is 570 Å². The van der Waals surface area contributed by atoms with Crippen molar-refractivity contribution in [3.63, 3.8) is 0 Å². The van der Waals surface area contributed by atoms with Gasteiger partial charge in [-0.15, -0.1) is 22.7 Å². The number of hydrogen-bond donors (Lipinski definition) is 3. The molecule has 3 radical (unpaired) electrons. The summed E-state index contributed by atoms with van der Waals surface area (Å²) in [6.07, 6.45) is -1.01. The second-order valence-electron chi connectivity index (χ2n) is 21.8. The summed E-state index contributed by atoms with van der Waals surface area (Å²) in [6, 6.07) is 20.3. The standard InChI is InChI=1S/C31H25ClF2N4O8.C30H27ClF2N4O5S.C4H6N2S.B/c1-17(39)24-15-36(26-12-22(9-10-23(24)26)46-31(42)45-21-7-5-20(6-8-21)38(43)44)16-28(40)37-14-19(33)11-27(37)30(41)35-13-18-3-2-4-25(32)29(18)34;1-17(38)23-13-36(25-10-21(6-7-22(23)25)42-28(40)8-5-20-15-43-16-35-20)14-27(39)37-12-19(32)9-26(37)30(41)34-11-18-3-2-4-24(31)29(18)33;5-1-4-2-7-3-6-4;/h2-10,12,15,19,27H,11,13-14,16H2,1H3,(H,35,41);2-4,6-7,10,13,15-16,19,26H,5,8-9,11-12,14H2,1H3,(H,34,41);2-3H,1,5H2;/t19-,27+;19-,26+;;/m11../s1. The van der Waals surface area contributed by atoms with E-state index >= 15 is 0 Å². The van der Waals surface area contributed by atoms with Crippen LogP contribution in [-0.4, -0.2) is 127 Å². The number of amides is 4. The topological polar surface area (TPSA) is 300 Å². The van der Waals surface area contributed by atoms with Crippen molar-refractivity contribution in [1.82, 2.24) is 39.5 Å². The maximum atomic E-state index is 14.5. The molecule has 97 heavy (non-hydrogen) atoms. The summed E-state index contributed by atoms with van der Waals surface area (Å²) in [4.78, 5) is 123. The van der Waals surface area contributed by atoms with Crippen LogP contribution in [0.3, 0.4) is 0 Å². The van der Waals surface area contributed by atoms with Crippen molar-refractivity contribution in [1.29, 1.82) is 0 Å². The van der Waals surface area contributed by atoms with Gasteiger partial charge in [0.1, 0.15) is 66.4 Å². The van der Waals surface area contributed by atoms with Crippen molar-refractivity contribution in [3.8, 4) is 17.2 Å². The van der Waals surface area contributed by atoms with Crippen molar-refractivity contribution < 1.29 is 75.1 Å². The monoisotopic (exact) mass is 1410 g/mol. The predicted octanol–water partition coefficient (Wildman–Crippen LogP) is 10.5. The van der Waals surface area contributed by atoms with Gasteiger partial charge in [-0.05, 0) is 62.4 Å². The summed E-state index contributed by atoms with van der Waals surface area (Å²) in [5.74, 6) is -4.62. The maximum absolute atomic E-state index is 14.5. The smallest absolute Gasteiger partial charge is 0.426 e. The van der Waals surface area contributed by atoms with Crippen LogP contribution in [0.2, 0.25) is 10.0 Å². The number of halogens is 6. The van der Waals surface area contributed by atoms with Crippen molar-refractivity contribution in [3.05, 3.63) is 197 Å². The normalized spacial score (nSPS) is 15.5. The molecule has 2 aliphatic rings. The van der Waals surface area contributed by atoms with Gasteiger partial charge in [-0.25, -0.2) is 32.3 Å². The molecular formula is C65H58BCl2F4N10O13S2. The summed E-state index contributed by atoms with van der Waals surface area (Å²) in [5.41, 5.74) is 12.0. The van der Waals surface area contributed by atoms with E-state index in [1.807, 2.05) is 10.8 Å². The lowest BCUT2D eigenvalue weighted by molar-refractivity contribution is -0.384. The van der Waals surface area contributed by atoms with Crippen LogP contribution in [0.5, 0.6) is 17.2 Å². The summed E-state index contributed by atoms with van der Waals surface area (Å²) < 4.78 is 76.3. The molecule has 4 aromatic heterocycles. The van der Waals surface area contributed by atoms with E-state index < -0.39 is 76.7 Å². The second kappa shape index (κ2) is 33.2. The molecule has 9 aromatic rings. The highest BCUT2D eigenvalue weighted by Crippen LogP contribution is 2.32. The molecule has 11 rings (SSSR count). The number of aryl methyl sites for hydroxylation is 1. The number of benzene rings is 5. The first-order valence-corrected chi connectivity index (χ1v) is 31.9. The Hall–Kier alpha value is -9.88. The molecule has 4 atom stereocenters. The van der Waals surface area contributed by atoms with E-state index in [0.29, 0.717) is 40.3 Å². The van der Waals surface area contributed by atoms with Gasteiger partial charge in [0.25, 0.3) is 5.69 Å². The fourth-order valence-electron chi connectivity index (χ4n) is 10.5. The molecule has 0 unspecified atom stereocenters. The van der Waals surface area contributed by atoms with Gasteiger partial charge in [0, 0.05) is 128 Å². The third kappa shape index (κ3) is 18.6. The molecule has 23 nitrogen and oxygen atoms in total. The number of carbonyl (C=O) groups excluding carboxylic acids is 8. The summed E-state index contributed by atoms with van der Waals surface area (Å²) in [6.45, 7) is 1.56. The number of hydrogen-bond acceptors (Lipinski definition) is 18. The van der Waals surface area contributed by atoms with Gasteiger partial charge in [-0.1, -0.05) is 47.5 Å². The number of carbonyl (C=O) groups is 8. The second-order valence-corrected chi connectivity index (χ2v) is 24.1. The third-order valence-electron chi connectivity index (χ3n) is 15.2. The number of nitrogens with two attached hydrogens (primary N) is 1. The Morgan fingerprint density at radius 2 is 1.09 bits per heavy atom. The number of ketones is 2. The molecule has 32 heteroatoms. The zero-order valence-corrected chi connectivity index (χ0v) is 54.6. The van der Waals surface area contributed by atoms with E-state index in [9.17, 15) is 66.0 Å². The number of likely N-dealkylation sites (tertiary alicyclic amines) is 2. The predicted molar refractivity (Wildman–Crippen MR) is 352 cm³/mol. The number of aromatic nitrogens is 4. The number of alkyl halides is 2. The highest BCUT2D eigenvalue weighted by Gasteiger charge is 2.41. The van der Waals surface area contributed by atoms with E-state index in [4.69, 9.17) is 43.1 Å². The maximum Gasteiger partial charge on any atom is 0.519 e. The molecule has 0 saturated carbocycles. The van der Waals surface area contributed by atoms with E-state index in [1.54, 1.807) is 46.6 Å². The fourth-order valence-corrected chi connectivity index (χ4v) is 12.1. The Morgan fingerprint density at radius 1 is 0.649 bits per heavy atom. The minimum absolute atomic E-state index is 0. The van der Waals surface area contributed by atoms with Gasteiger partial charge in [-0.2, -0.15) is 0 Å². The van der Waals surface area contributed by atoms with Crippen LogP contribution in [0, 0.1) is 21.7 Å². The summed E-state index contributed by atoms with van der Waals surface area (Å²) in [5, 5.41) is 20.5. The van der Waals surface area contributed by atoms with Gasteiger partial charge in [0.2, 0.25) is 23.6 Å². The molecule has 4 amide bonds. The van der Waals surface area contributed by atoms with E-state index in [0.717, 1.165) is 33.3 Å². The van der Waals surface area contributed by atoms with Crippen molar-refractivity contribution in [2.24, 2.45) is 5.73 Å². The molecule has 5 aromatic carbocycles.